The number of carbonyl (C=O) groups excluding carboxylic acids is 2. The number of carbonyl (C=O) groups is 2. The van der Waals surface area contributed by atoms with Crippen LogP contribution in [-0.4, -0.2) is 18.8 Å². The van der Waals surface area contributed by atoms with Gasteiger partial charge in [0.2, 0.25) is 6.79 Å². The number of hydrogen-bond donors (Lipinski definition) is 2. The van der Waals surface area contributed by atoms with Gasteiger partial charge < -0.3 is 24.8 Å². The Hall–Kier alpha value is -4.55. The van der Waals surface area contributed by atoms with Gasteiger partial charge in [-0.3, -0.25) is 0 Å². The largest absolute Gasteiger partial charge is 0.457 e. The number of allylic oxidation sites excluding steroid dienone is 1. The van der Waals surface area contributed by atoms with E-state index in [2.05, 4.69) is 10.6 Å². The van der Waals surface area contributed by atoms with Crippen LogP contribution in [0.25, 0.3) is 0 Å². The van der Waals surface area contributed by atoms with E-state index in [1.165, 1.54) is 12.1 Å². The molecule has 0 bridgehead atoms. The second-order valence-electron chi connectivity index (χ2n) is 8.67. The quantitative estimate of drug-likeness (QED) is 0.411. The highest BCUT2D eigenvalue weighted by atomic mass is 35.5. The maximum atomic E-state index is 13.7. The number of nitriles is 1. The normalized spacial score (nSPS) is 15.9. The molecule has 0 saturated heterocycles. The van der Waals surface area contributed by atoms with E-state index in [-0.39, 0.29) is 24.5 Å². The first-order chi connectivity index (χ1) is 18.4. The summed E-state index contributed by atoms with van der Waals surface area (Å²) >= 11 is 6.19. The topological polar surface area (TPSA) is 110 Å². The third kappa shape index (κ3) is 5.41. The molecule has 2 aliphatic rings. The highest BCUT2D eigenvalue weighted by molar-refractivity contribution is 6.30. The van der Waals surface area contributed by atoms with Gasteiger partial charge in [-0.2, -0.15) is 5.26 Å². The Labute approximate surface area is 222 Å². The summed E-state index contributed by atoms with van der Waals surface area (Å²) in [6.45, 7) is -0.0319. The van der Waals surface area contributed by atoms with Crippen LogP contribution in [0.2, 0.25) is 5.02 Å². The number of halogens is 2. The predicted octanol–water partition coefficient (Wildman–Crippen LogP) is 5.06. The van der Waals surface area contributed by atoms with Gasteiger partial charge in [0.15, 0.2) is 11.5 Å². The summed E-state index contributed by atoms with van der Waals surface area (Å²) in [4.78, 5) is 26.1. The summed E-state index contributed by atoms with van der Waals surface area (Å²) in [6, 6.07) is 16.8. The average Bonchev–Trinajstić information content (AvgIpc) is 3.39. The van der Waals surface area contributed by atoms with Gasteiger partial charge in [-0.15, -0.1) is 0 Å². The number of ether oxygens (including phenoxy) is 3. The Bertz CT molecular complexity index is 1500. The zero-order valence-corrected chi connectivity index (χ0v) is 20.7. The van der Waals surface area contributed by atoms with Gasteiger partial charge in [-0.1, -0.05) is 35.9 Å². The van der Waals surface area contributed by atoms with Crippen molar-refractivity contribution in [2.45, 2.75) is 25.5 Å². The van der Waals surface area contributed by atoms with Crippen LogP contribution in [0.1, 0.15) is 34.7 Å². The van der Waals surface area contributed by atoms with Gasteiger partial charge in [0.25, 0.3) is 0 Å². The molecule has 2 N–H and O–H groups in total. The summed E-state index contributed by atoms with van der Waals surface area (Å²) in [6.07, 6.45) is 0.818. The lowest BCUT2D eigenvalue weighted by atomic mass is 9.93. The van der Waals surface area contributed by atoms with Crippen LogP contribution in [0.3, 0.4) is 0 Å². The highest BCUT2D eigenvalue weighted by Gasteiger charge is 2.34. The Kier molecular flexibility index (Phi) is 7.15. The van der Waals surface area contributed by atoms with Crippen molar-refractivity contribution < 1.29 is 28.2 Å². The van der Waals surface area contributed by atoms with Crippen molar-refractivity contribution in [3.63, 3.8) is 0 Å². The van der Waals surface area contributed by atoms with Gasteiger partial charge >= 0.3 is 12.0 Å². The predicted molar refractivity (Wildman–Crippen MR) is 135 cm³/mol. The third-order valence-electron chi connectivity index (χ3n) is 6.18. The van der Waals surface area contributed by atoms with E-state index >= 15 is 0 Å². The summed E-state index contributed by atoms with van der Waals surface area (Å²) in [5, 5.41) is 15.1. The second-order valence-corrected chi connectivity index (χ2v) is 9.10. The number of urea groups is 1. The molecule has 1 atom stereocenters. The highest BCUT2D eigenvalue weighted by Crippen LogP contribution is 2.34. The van der Waals surface area contributed by atoms with E-state index in [9.17, 15) is 14.0 Å². The minimum absolute atomic E-state index is 0.148. The van der Waals surface area contributed by atoms with Crippen molar-refractivity contribution in [1.82, 2.24) is 10.6 Å². The monoisotopic (exact) mass is 533 g/mol. The van der Waals surface area contributed by atoms with Crippen molar-refractivity contribution in [3.8, 4) is 17.6 Å². The van der Waals surface area contributed by atoms with E-state index in [0.29, 0.717) is 46.2 Å². The van der Waals surface area contributed by atoms with Crippen molar-refractivity contribution in [3.05, 3.63) is 105 Å². The molecule has 38 heavy (non-hydrogen) atoms. The van der Waals surface area contributed by atoms with Crippen LogP contribution in [0, 0.1) is 17.1 Å². The van der Waals surface area contributed by atoms with Crippen molar-refractivity contribution in [1.29, 1.82) is 5.26 Å². The minimum atomic E-state index is -0.815. The average molecular weight is 534 g/mol. The van der Waals surface area contributed by atoms with Gasteiger partial charge in [0.1, 0.15) is 18.5 Å². The van der Waals surface area contributed by atoms with Crippen LogP contribution in [-0.2, 0) is 22.6 Å². The van der Waals surface area contributed by atoms with E-state index in [4.69, 9.17) is 31.1 Å². The molecule has 2 amide bonds. The van der Waals surface area contributed by atoms with Crippen LogP contribution in [0.15, 0.2) is 71.9 Å². The molecule has 3 aromatic carbocycles. The number of hydrogen-bond acceptors (Lipinski definition) is 6. The molecule has 2 aliphatic heterocycles. The molecular weight excluding hydrogens is 513 g/mol. The second kappa shape index (κ2) is 10.8. The summed E-state index contributed by atoms with van der Waals surface area (Å²) in [5.74, 6) is -0.0330. The molecule has 0 spiro atoms. The fourth-order valence-corrected chi connectivity index (χ4v) is 4.53. The van der Waals surface area contributed by atoms with Crippen LogP contribution >= 0.6 is 11.6 Å². The Morgan fingerprint density at radius 2 is 1.89 bits per heavy atom. The first-order valence-corrected chi connectivity index (χ1v) is 12.1. The summed E-state index contributed by atoms with van der Waals surface area (Å²) in [5.41, 5.74) is 2.45. The van der Waals surface area contributed by atoms with Crippen molar-refractivity contribution >= 4 is 23.6 Å². The molecule has 0 radical (unpaired) electrons. The minimum Gasteiger partial charge on any atom is -0.457 e. The van der Waals surface area contributed by atoms with Gasteiger partial charge in [-0.05, 0) is 65.9 Å². The molecule has 0 saturated carbocycles. The molecular formula is C28H21ClFN3O5. The van der Waals surface area contributed by atoms with Gasteiger partial charge in [0, 0.05) is 10.7 Å². The Balaban J connectivity index is 1.44. The lowest BCUT2D eigenvalue weighted by Crippen LogP contribution is -2.46. The van der Waals surface area contributed by atoms with Crippen LogP contribution in [0.5, 0.6) is 11.5 Å². The molecule has 1 unspecified atom stereocenters. The molecule has 0 fully saturated rings. The number of esters is 1. The van der Waals surface area contributed by atoms with E-state index in [1.54, 1.807) is 30.3 Å². The number of rotatable bonds is 7. The summed E-state index contributed by atoms with van der Waals surface area (Å²) in [7, 11) is 0. The third-order valence-corrected chi connectivity index (χ3v) is 6.41. The van der Waals surface area contributed by atoms with E-state index < -0.39 is 23.9 Å². The molecule has 2 heterocycles. The number of nitrogens with zero attached hydrogens (tertiary/aromatic N) is 1. The van der Waals surface area contributed by atoms with E-state index in [0.717, 1.165) is 11.6 Å². The zero-order valence-electron chi connectivity index (χ0n) is 19.9. The van der Waals surface area contributed by atoms with Crippen molar-refractivity contribution in [2.75, 3.05) is 6.79 Å². The Morgan fingerprint density at radius 1 is 1.08 bits per heavy atom. The number of benzene rings is 3. The number of amides is 2. The smallest absolute Gasteiger partial charge is 0.338 e. The lowest BCUT2D eigenvalue weighted by molar-refractivity contribution is -0.140. The maximum Gasteiger partial charge on any atom is 0.338 e. The first-order valence-electron chi connectivity index (χ1n) is 11.7. The standard InChI is InChI=1S/C28H21ClFN3O5/c29-20-3-1-2-18(12-20)26-25(27(34)36-14-17-4-7-21(30)19(10-17)13-31)22(32-28(35)33-26)8-5-16-6-9-23-24(11-16)38-15-37-23/h1-4,6-7,9-12,26H,5,8,14-15H2,(H2,32,33,35). The molecule has 0 aliphatic carbocycles. The van der Waals surface area contributed by atoms with Gasteiger partial charge in [0.05, 0.1) is 17.2 Å². The zero-order chi connectivity index (χ0) is 26.6. The summed E-state index contributed by atoms with van der Waals surface area (Å²) < 4.78 is 30.1. The molecule has 192 valence electrons. The molecule has 0 aromatic heterocycles. The number of fused-ring (bicyclic) bond motifs is 1. The number of nitrogens with one attached hydrogen (secondary N) is 2. The first kappa shape index (κ1) is 25.1. The molecule has 3 aromatic rings. The molecule has 10 heteroatoms. The van der Waals surface area contributed by atoms with Crippen LogP contribution < -0.4 is 20.1 Å². The SMILES string of the molecule is N#Cc1cc(COC(=O)C2=C(CCc3ccc4c(c3)OCO4)NC(=O)NC2c2cccc(Cl)c2)ccc1F. The van der Waals surface area contributed by atoms with Gasteiger partial charge in [-0.25, -0.2) is 14.0 Å². The lowest BCUT2D eigenvalue weighted by Gasteiger charge is -2.29. The fraction of sp³-hybridized carbons (Fsp3) is 0.179. The van der Waals surface area contributed by atoms with Crippen LogP contribution in [0.4, 0.5) is 9.18 Å². The van der Waals surface area contributed by atoms with E-state index in [1.807, 2.05) is 18.2 Å². The number of aryl methyl sites for hydroxylation is 1. The Morgan fingerprint density at radius 3 is 2.71 bits per heavy atom. The maximum absolute atomic E-state index is 13.7. The fourth-order valence-electron chi connectivity index (χ4n) is 4.33. The van der Waals surface area contributed by atoms with Crippen molar-refractivity contribution in [2.24, 2.45) is 0 Å². The molecule has 5 rings (SSSR count). The molecule has 8 nitrogen and oxygen atoms in total.